The van der Waals surface area contributed by atoms with Crippen LogP contribution in [0.3, 0.4) is 0 Å². The lowest BCUT2D eigenvalue weighted by Gasteiger charge is -2.17. The molecule has 20 heavy (non-hydrogen) atoms. The van der Waals surface area contributed by atoms with E-state index in [0.29, 0.717) is 10.5 Å². The molecule has 0 aliphatic rings. The van der Waals surface area contributed by atoms with Gasteiger partial charge in [-0.3, -0.25) is 0 Å². The summed E-state index contributed by atoms with van der Waals surface area (Å²) in [5.41, 5.74) is -0.0883. The maximum absolute atomic E-state index is 13.8. The highest BCUT2D eigenvalue weighted by Crippen LogP contribution is 2.27. The van der Waals surface area contributed by atoms with Crippen LogP contribution in [0, 0.1) is 23.3 Å². The van der Waals surface area contributed by atoms with Gasteiger partial charge < -0.3 is 5.32 Å². The first-order chi connectivity index (χ1) is 9.38. The monoisotopic (exact) mass is 347 g/mol. The van der Waals surface area contributed by atoms with Gasteiger partial charge in [0.2, 0.25) is 0 Å². The van der Waals surface area contributed by atoms with Crippen molar-refractivity contribution in [3.8, 4) is 0 Å². The van der Waals surface area contributed by atoms with Gasteiger partial charge in [0.15, 0.2) is 11.6 Å². The third-order valence-electron chi connectivity index (χ3n) is 2.79. The van der Waals surface area contributed by atoms with Gasteiger partial charge in [0.05, 0.1) is 11.7 Å². The van der Waals surface area contributed by atoms with Crippen LogP contribution in [0.2, 0.25) is 0 Å². The van der Waals surface area contributed by atoms with Crippen LogP contribution >= 0.6 is 15.9 Å². The van der Waals surface area contributed by atoms with E-state index in [1.54, 1.807) is 13.0 Å². The third kappa shape index (κ3) is 3.12. The molecule has 0 radical (unpaired) electrons. The van der Waals surface area contributed by atoms with Crippen LogP contribution < -0.4 is 5.32 Å². The van der Waals surface area contributed by atoms with Crippen molar-refractivity contribution in [1.29, 1.82) is 0 Å². The van der Waals surface area contributed by atoms with Crippen LogP contribution in [0.4, 0.5) is 23.2 Å². The van der Waals surface area contributed by atoms with Gasteiger partial charge in [-0.2, -0.15) is 0 Å². The minimum absolute atomic E-state index is 0.261. The van der Waals surface area contributed by atoms with E-state index in [1.807, 2.05) is 0 Å². The Hall–Kier alpha value is -1.56. The lowest BCUT2D eigenvalue weighted by Crippen LogP contribution is -2.10. The molecule has 2 rings (SSSR count). The van der Waals surface area contributed by atoms with E-state index >= 15 is 0 Å². The van der Waals surface area contributed by atoms with Gasteiger partial charge in [-0.15, -0.1) is 0 Å². The van der Waals surface area contributed by atoms with Crippen LogP contribution in [-0.4, -0.2) is 0 Å². The Balaban J connectivity index is 2.30. The van der Waals surface area contributed by atoms with Gasteiger partial charge in [-0.05, 0) is 19.1 Å². The first kappa shape index (κ1) is 14.8. The SMILES string of the molecule is CC(Nc1cc(F)cc(F)c1F)c1ccc(Br)cc1F. The van der Waals surface area contributed by atoms with Crippen molar-refractivity contribution < 1.29 is 17.6 Å². The molecule has 1 unspecified atom stereocenters. The molecule has 2 aromatic carbocycles. The number of hydrogen-bond acceptors (Lipinski definition) is 1. The number of hydrogen-bond donors (Lipinski definition) is 1. The van der Waals surface area contributed by atoms with Crippen molar-refractivity contribution in [2.24, 2.45) is 0 Å². The van der Waals surface area contributed by atoms with Crippen molar-refractivity contribution in [2.45, 2.75) is 13.0 Å². The highest BCUT2D eigenvalue weighted by Gasteiger charge is 2.16. The summed E-state index contributed by atoms with van der Waals surface area (Å²) in [6.45, 7) is 1.56. The molecule has 1 nitrogen and oxygen atoms in total. The quantitative estimate of drug-likeness (QED) is 0.595. The largest absolute Gasteiger partial charge is 0.376 e. The summed E-state index contributed by atoms with van der Waals surface area (Å²) in [6, 6.07) is 5.01. The predicted molar refractivity (Wildman–Crippen MR) is 72.5 cm³/mol. The van der Waals surface area contributed by atoms with E-state index < -0.39 is 29.3 Å². The van der Waals surface area contributed by atoms with Crippen molar-refractivity contribution in [2.75, 3.05) is 5.32 Å². The average molecular weight is 348 g/mol. The highest BCUT2D eigenvalue weighted by molar-refractivity contribution is 9.10. The predicted octanol–water partition coefficient (Wildman–Crippen LogP) is 5.18. The summed E-state index contributed by atoms with van der Waals surface area (Å²) in [5.74, 6) is -3.90. The first-order valence-corrected chi connectivity index (χ1v) is 6.54. The zero-order chi connectivity index (χ0) is 14.9. The summed E-state index contributed by atoms with van der Waals surface area (Å²) in [6.07, 6.45) is 0. The van der Waals surface area contributed by atoms with Gasteiger partial charge >= 0.3 is 0 Å². The second-order valence-corrected chi connectivity index (χ2v) is 5.20. The first-order valence-electron chi connectivity index (χ1n) is 5.74. The molecule has 0 bridgehead atoms. The van der Waals surface area contributed by atoms with E-state index in [-0.39, 0.29) is 11.3 Å². The number of halogens is 5. The Morgan fingerprint density at radius 1 is 1.00 bits per heavy atom. The van der Waals surface area contributed by atoms with E-state index in [2.05, 4.69) is 21.2 Å². The highest BCUT2D eigenvalue weighted by atomic mass is 79.9. The summed E-state index contributed by atoms with van der Waals surface area (Å²) in [5, 5.41) is 2.56. The van der Waals surface area contributed by atoms with Gasteiger partial charge in [0.1, 0.15) is 11.6 Å². The van der Waals surface area contributed by atoms with Crippen molar-refractivity contribution in [3.63, 3.8) is 0 Å². The molecular weight excluding hydrogens is 338 g/mol. The van der Waals surface area contributed by atoms with E-state index in [9.17, 15) is 17.6 Å². The lowest BCUT2D eigenvalue weighted by molar-refractivity contribution is 0.496. The Morgan fingerprint density at radius 2 is 1.70 bits per heavy atom. The van der Waals surface area contributed by atoms with Gasteiger partial charge in [-0.1, -0.05) is 22.0 Å². The molecule has 0 aromatic heterocycles. The standard InChI is InChI=1S/C14H10BrF4N/c1-7(10-3-2-8(15)4-11(10)17)20-13-6-9(16)5-12(18)14(13)19/h2-7,20H,1H3. The van der Waals surface area contributed by atoms with E-state index in [1.165, 1.54) is 12.1 Å². The third-order valence-corrected chi connectivity index (χ3v) is 3.29. The molecule has 2 aromatic rings. The molecule has 0 amide bonds. The zero-order valence-electron chi connectivity index (χ0n) is 10.4. The molecule has 1 atom stereocenters. The van der Waals surface area contributed by atoms with Gasteiger partial charge in [0, 0.05) is 22.2 Å². The number of rotatable bonds is 3. The molecule has 1 N–H and O–H groups in total. The number of benzene rings is 2. The fourth-order valence-electron chi connectivity index (χ4n) is 1.82. The fraction of sp³-hybridized carbons (Fsp3) is 0.143. The zero-order valence-corrected chi connectivity index (χ0v) is 11.9. The van der Waals surface area contributed by atoms with E-state index in [4.69, 9.17) is 0 Å². The van der Waals surface area contributed by atoms with Crippen LogP contribution in [0.5, 0.6) is 0 Å². The topological polar surface area (TPSA) is 12.0 Å². The summed E-state index contributed by atoms with van der Waals surface area (Å²) in [7, 11) is 0. The molecule has 106 valence electrons. The summed E-state index contributed by atoms with van der Waals surface area (Å²) in [4.78, 5) is 0. The van der Waals surface area contributed by atoms with Crippen LogP contribution in [-0.2, 0) is 0 Å². The molecule has 0 fully saturated rings. The number of anilines is 1. The molecule has 0 heterocycles. The normalized spacial score (nSPS) is 12.3. The maximum atomic E-state index is 13.8. The van der Waals surface area contributed by atoms with Gasteiger partial charge in [-0.25, -0.2) is 17.6 Å². The Morgan fingerprint density at radius 3 is 2.35 bits per heavy atom. The van der Waals surface area contributed by atoms with Crippen LogP contribution in [0.25, 0.3) is 0 Å². The molecule has 0 spiro atoms. The molecule has 0 aliphatic carbocycles. The van der Waals surface area contributed by atoms with Gasteiger partial charge in [0.25, 0.3) is 0 Å². The van der Waals surface area contributed by atoms with Crippen LogP contribution in [0.15, 0.2) is 34.8 Å². The molecule has 0 aliphatic heterocycles. The minimum atomic E-state index is -1.30. The maximum Gasteiger partial charge on any atom is 0.182 e. The number of nitrogens with one attached hydrogen (secondary N) is 1. The van der Waals surface area contributed by atoms with E-state index in [0.717, 1.165) is 6.07 Å². The summed E-state index contributed by atoms with van der Waals surface area (Å²) < 4.78 is 54.0. The van der Waals surface area contributed by atoms with Crippen LogP contribution in [0.1, 0.15) is 18.5 Å². The second-order valence-electron chi connectivity index (χ2n) is 4.28. The van der Waals surface area contributed by atoms with Crippen molar-refractivity contribution in [3.05, 3.63) is 63.6 Å². The molecule has 0 saturated carbocycles. The smallest absolute Gasteiger partial charge is 0.182 e. The minimum Gasteiger partial charge on any atom is -0.376 e. The Kier molecular flexibility index (Phi) is 4.32. The van der Waals surface area contributed by atoms with Crippen molar-refractivity contribution >= 4 is 21.6 Å². The van der Waals surface area contributed by atoms with Crippen molar-refractivity contribution in [1.82, 2.24) is 0 Å². The molecule has 0 saturated heterocycles. The average Bonchev–Trinajstić information content (AvgIpc) is 2.35. The Bertz CT molecular complexity index is 645. The lowest BCUT2D eigenvalue weighted by atomic mass is 10.1. The summed E-state index contributed by atoms with van der Waals surface area (Å²) >= 11 is 3.12. The fourth-order valence-corrected chi connectivity index (χ4v) is 2.16. The Labute approximate surface area is 121 Å². The molecular formula is C14H10BrF4N. The molecule has 6 heteroatoms. The second kappa shape index (κ2) is 5.83.